The summed E-state index contributed by atoms with van der Waals surface area (Å²) < 4.78 is 0. The Balaban J connectivity index is 1.93. The molecule has 0 unspecified atom stereocenters. The summed E-state index contributed by atoms with van der Waals surface area (Å²) in [5.74, 6) is -0.123. The number of nitrogens with two attached hydrogens (primary N) is 1. The SMILES string of the molecule is CSc1ccc(CN2CCC[C@H](C(N)=O)C2)cc1. The van der Waals surface area contributed by atoms with Crippen LogP contribution in [0.5, 0.6) is 0 Å². The molecule has 3 nitrogen and oxygen atoms in total. The molecule has 0 bridgehead atoms. The monoisotopic (exact) mass is 264 g/mol. The van der Waals surface area contributed by atoms with E-state index in [2.05, 4.69) is 35.4 Å². The third-order valence-corrected chi connectivity index (χ3v) is 4.22. The minimum Gasteiger partial charge on any atom is -0.369 e. The maximum Gasteiger partial charge on any atom is 0.221 e. The molecule has 1 atom stereocenters. The van der Waals surface area contributed by atoms with E-state index in [0.29, 0.717) is 0 Å². The molecule has 98 valence electrons. The molecule has 0 aromatic heterocycles. The standard InChI is InChI=1S/C14H20N2OS/c1-18-13-6-4-11(5-7-13)9-16-8-2-3-12(10-16)14(15)17/h4-7,12H,2-3,8-10H2,1H3,(H2,15,17)/t12-/m0/s1. The van der Waals surface area contributed by atoms with Crippen LogP contribution in [0.4, 0.5) is 0 Å². The van der Waals surface area contributed by atoms with Gasteiger partial charge in [0.25, 0.3) is 0 Å². The predicted octanol–water partition coefficient (Wildman–Crippen LogP) is 2.11. The van der Waals surface area contributed by atoms with Gasteiger partial charge in [0.05, 0.1) is 5.92 Å². The zero-order valence-electron chi connectivity index (χ0n) is 10.8. The third-order valence-electron chi connectivity index (χ3n) is 3.47. The highest BCUT2D eigenvalue weighted by atomic mass is 32.2. The first kappa shape index (κ1) is 13.4. The molecule has 1 saturated heterocycles. The summed E-state index contributed by atoms with van der Waals surface area (Å²) in [6.07, 6.45) is 4.09. The van der Waals surface area contributed by atoms with Crippen molar-refractivity contribution in [3.8, 4) is 0 Å². The number of hydrogen-bond acceptors (Lipinski definition) is 3. The number of likely N-dealkylation sites (tertiary alicyclic amines) is 1. The van der Waals surface area contributed by atoms with Crippen molar-refractivity contribution >= 4 is 17.7 Å². The molecular formula is C14H20N2OS. The maximum absolute atomic E-state index is 11.2. The van der Waals surface area contributed by atoms with Crippen molar-refractivity contribution in [2.45, 2.75) is 24.3 Å². The molecule has 1 aromatic carbocycles. The van der Waals surface area contributed by atoms with Crippen LogP contribution in [0, 0.1) is 5.92 Å². The maximum atomic E-state index is 11.2. The van der Waals surface area contributed by atoms with Crippen molar-refractivity contribution in [2.24, 2.45) is 11.7 Å². The number of carbonyl (C=O) groups is 1. The molecule has 1 aliphatic rings. The van der Waals surface area contributed by atoms with E-state index in [1.807, 2.05) is 0 Å². The van der Waals surface area contributed by atoms with E-state index in [4.69, 9.17) is 5.73 Å². The van der Waals surface area contributed by atoms with Crippen LogP contribution >= 0.6 is 11.8 Å². The Hall–Kier alpha value is -1.00. The van der Waals surface area contributed by atoms with Gasteiger partial charge in [-0.1, -0.05) is 12.1 Å². The summed E-state index contributed by atoms with van der Waals surface area (Å²) in [6, 6.07) is 8.63. The second kappa shape index (κ2) is 6.25. The van der Waals surface area contributed by atoms with Gasteiger partial charge in [0, 0.05) is 18.0 Å². The summed E-state index contributed by atoms with van der Waals surface area (Å²) >= 11 is 1.75. The lowest BCUT2D eigenvalue weighted by atomic mass is 9.97. The minimum atomic E-state index is -0.155. The number of amides is 1. The topological polar surface area (TPSA) is 46.3 Å². The smallest absolute Gasteiger partial charge is 0.221 e. The zero-order chi connectivity index (χ0) is 13.0. The van der Waals surface area contributed by atoms with Gasteiger partial charge >= 0.3 is 0 Å². The fraction of sp³-hybridized carbons (Fsp3) is 0.500. The normalized spacial score (nSPS) is 20.8. The van der Waals surface area contributed by atoms with Crippen molar-refractivity contribution < 1.29 is 4.79 Å². The van der Waals surface area contributed by atoms with Crippen LogP contribution in [0.2, 0.25) is 0 Å². The van der Waals surface area contributed by atoms with E-state index >= 15 is 0 Å². The lowest BCUT2D eigenvalue weighted by Crippen LogP contribution is -2.40. The molecule has 1 heterocycles. The number of primary amides is 1. The number of carbonyl (C=O) groups excluding carboxylic acids is 1. The molecule has 1 amide bonds. The Bertz CT molecular complexity index is 405. The third kappa shape index (κ3) is 3.50. The van der Waals surface area contributed by atoms with Gasteiger partial charge < -0.3 is 5.73 Å². The molecule has 0 aliphatic carbocycles. The summed E-state index contributed by atoms with van der Waals surface area (Å²) in [5, 5.41) is 0. The predicted molar refractivity (Wildman–Crippen MR) is 75.4 cm³/mol. The van der Waals surface area contributed by atoms with Crippen LogP contribution < -0.4 is 5.73 Å². The molecule has 0 saturated carbocycles. The Kier molecular flexibility index (Phi) is 4.66. The molecular weight excluding hydrogens is 244 g/mol. The average molecular weight is 264 g/mol. The van der Waals surface area contributed by atoms with Crippen LogP contribution in [-0.2, 0) is 11.3 Å². The second-order valence-corrected chi connectivity index (χ2v) is 5.70. The minimum absolute atomic E-state index is 0.0317. The first-order valence-corrected chi connectivity index (χ1v) is 7.56. The quantitative estimate of drug-likeness (QED) is 0.847. The van der Waals surface area contributed by atoms with Gasteiger partial charge in [-0.3, -0.25) is 9.69 Å². The molecule has 2 N–H and O–H groups in total. The lowest BCUT2D eigenvalue weighted by Gasteiger charge is -2.31. The van der Waals surface area contributed by atoms with Crippen molar-refractivity contribution in [2.75, 3.05) is 19.3 Å². The number of thioether (sulfide) groups is 1. The summed E-state index contributed by atoms with van der Waals surface area (Å²) in [4.78, 5) is 14.8. The molecule has 1 aromatic rings. The molecule has 2 rings (SSSR count). The van der Waals surface area contributed by atoms with Gasteiger partial charge in [-0.05, 0) is 43.3 Å². The van der Waals surface area contributed by atoms with Gasteiger partial charge in [0.15, 0.2) is 0 Å². The number of rotatable bonds is 4. The van der Waals surface area contributed by atoms with Crippen molar-refractivity contribution in [3.63, 3.8) is 0 Å². The van der Waals surface area contributed by atoms with E-state index in [1.165, 1.54) is 10.5 Å². The van der Waals surface area contributed by atoms with Gasteiger partial charge in [0.2, 0.25) is 5.91 Å². The number of benzene rings is 1. The molecule has 1 fully saturated rings. The Morgan fingerprint density at radius 3 is 2.78 bits per heavy atom. The van der Waals surface area contributed by atoms with Crippen LogP contribution in [0.1, 0.15) is 18.4 Å². The Morgan fingerprint density at radius 2 is 2.17 bits per heavy atom. The van der Waals surface area contributed by atoms with E-state index in [-0.39, 0.29) is 11.8 Å². The Labute approximate surface area is 113 Å². The van der Waals surface area contributed by atoms with Gasteiger partial charge in [-0.25, -0.2) is 0 Å². The molecule has 18 heavy (non-hydrogen) atoms. The number of hydrogen-bond donors (Lipinski definition) is 1. The van der Waals surface area contributed by atoms with E-state index in [0.717, 1.165) is 32.5 Å². The fourth-order valence-electron chi connectivity index (χ4n) is 2.42. The van der Waals surface area contributed by atoms with Crippen molar-refractivity contribution in [1.29, 1.82) is 0 Å². The van der Waals surface area contributed by atoms with Gasteiger partial charge in [-0.2, -0.15) is 0 Å². The van der Waals surface area contributed by atoms with Crippen LogP contribution in [0.3, 0.4) is 0 Å². The highest BCUT2D eigenvalue weighted by Crippen LogP contribution is 2.20. The first-order valence-electron chi connectivity index (χ1n) is 6.33. The molecule has 4 heteroatoms. The first-order chi connectivity index (χ1) is 8.69. The number of piperidine rings is 1. The summed E-state index contributed by atoms with van der Waals surface area (Å²) in [6.45, 7) is 2.78. The fourth-order valence-corrected chi connectivity index (χ4v) is 2.83. The largest absolute Gasteiger partial charge is 0.369 e. The van der Waals surface area contributed by atoms with Crippen molar-refractivity contribution in [1.82, 2.24) is 4.90 Å². The number of nitrogens with zero attached hydrogens (tertiary/aromatic N) is 1. The average Bonchev–Trinajstić information content (AvgIpc) is 2.40. The van der Waals surface area contributed by atoms with Crippen LogP contribution in [0.15, 0.2) is 29.2 Å². The van der Waals surface area contributed by atoms with Crippen molar-refractivity contribution in [3.05, 3.63) is 29.8 Å². The highest BCUT2D eigenvalue weighted by molar-refractivity contribution is 7.98. The van der Waals surface area contributed by atoms with E-state index in [1.54, 1.807) is 11.8 Å². The Morgan fingerprint density at radius 1 is 1.44 bits per heavy atom. The van der Waals surface area contributed by atoms with Gasteiger partial charge in [0.1, 0.15) is 0 Å². The van der Waals surface area contributed by atoms with E-state index in [9.17, 15) is 4.79 Å². The molecule has 0 radical (unpaired) electrons. The van der Waals surface area contributed by atoms with Crippen LogP contribution in [0.25, 0.3) is 0 Å². The van der Waals surface area contributed by atoms with E-state index < -0.39 is 0 Å². The zero-order valence-corrected chi connectivity index (χ0v) is 11.6. The summed E-state index contributed by atoms with van der Waals surface area (Å²) in [5.41, 5.74) is 6.70. The molecule has 0 spiro atoms. The summed E-state index contributed by atoms with van der Waals surface area (Å²) in [7, 11) is 0. The highest BCUT2D eigenvalue weighted by Gasteiger charge is 2.23. The van der Waals surface area contributed by atoms with Crippen LogP contribution in [-0.4, -0.2) is 30.2 Å². The van der Waals surface area contributed by atoms with Gasteiger partial charge in [-0.15, -0.1) is 11.8 Å². The molecule has 1 aliphatic heterocycles. The second-order valence-electron chi connectivity index (χ2n) is 4.82. The lowest BCUT2D eigenvalue weighted by molar-refractivity contribution is -0.123.